The number of oxazole rings is 1. The van der Waals surface area contributed by atoms with Gasteiger partial charge in [-0.1, -0.05) is 12.1 Å². The number of amides is 1. The molecule has 2 rings (SSSR count). The summed E-state index contributed by atoms with van der Waals surface area (Å²) in [6.07, 6.45) is 2.11. The minimum absolute atomic E-state index is 0.164. The first-order valence-electron chi connectivity index (χ1n) is 5.98. The minimum Gasteiger partial charge on any atom is -0.444 e. The molecule has 0 aliphatic heterocycles. The Morgan fingerprint density at radius 1 is 1.42 bits per heavy atom. The highest BCUT2D eigenvalue weighted by Gasteiger charge is 2.18. The normalized spacial score (nSPS) is 12.2. The van der Waals surface area contributed by atoms with Crippen molar-refractivity contribution >= 4 is 5.91 Å². The van der Waals surface area contributed by atoms with Gasteiger partial charge >= 0.3 is 0 Å². The van der Waals surface area contributed by atoms with E-state index in [1.165, 1.54) is 19.1 Å². The Labute approximate surface area is 110 Å². The van der Waals surface area contributed by atoms with Crippen LogP contribution in [0.1, 0.15) is 30.2 Å². The molecule has 100 valence electrons. The molecule has 4 nitrogen and oxygen atoms in total. The molecule has 1 amide bonds. The fourth-order valence-corrected chi connectivity index (χ4v) is 1.83. The molecule has 0 fully saturated rings. The molecule has 0 aliphatic carbocycles. The highest BCUT2D eigenvalue weighted by Crippen LogP contribution is 2.18. The van der Waals surface area contributed by atoms with E-state index >= 15 is 0 Å². The van der Waals surface area contributed by atoms with E-state index in [0.29, 0.717) is 18.1 Å². The molecule has 0 saturated heterocycles. The van der Waals surface area contributed by atoms with Crippen LogP contribution in [0.3, 0.4) is 0 Å². The van der Waals surface area contributed by atoms with Gasteiger partial charge in [0, 0.05) is 13.3 Å². The van der Waals surface area contributed by atoms with Gasteiger partial charge in [-0.2, -0.15) is 0 Å². The van der Waals surface area contributed by atoms with E-state index in [4.69, 9.17) is 4.42 Å². The Hall–Kier alpha value is -2.17. The first kappa shape index (κ1) is 13.3. The van der Waals surface area contributed by atoms with Crippen molar-refractivity contribution in [3.63, 3.8) is 0 Å². The van der Waals surface area contributed by atoms with Gasteiger partial charge in [0.2, 0.25) is 11.8 Å². The summed E-state index contributed by atoms with van der Waals surface area (Å²) in [5, 5.41) is 2.78. The predicted molar refractivity (Wildman–Crippen MR) is 67.9 cm³/mol. The molecule has 0 saturated carbocycles. The Morgan fingerprint density at radius 3 is 2.63 bits per heavy atom. The number of nitrogens with one attached hydrogen (secondary N) is 1. The number of hydrogen-bond donors (Lipinski definition) is 1. The molecule has 1 aromatic heterocycles. The zero-order valence-electron chi connectivity index (χ0n) is 10.8. The zero-order chi connectivity index (χ0) is 13.8. The van der Waals surface area contributed by atoms with Gasteiger partial charge in [0.05, 0.1) is 6.20 Å². The van der Waals surface area contributed by atoms with Crippen molar-refractivity contribution in [3.8, 4) is 0 Å². The van der Waals surface area contributed by atoms with Gasteiger partial charge < -0.3 is 9.73 Å². The van der Waals surface area contributed by atoms with Crippen molar-refractivity contribution < 1.29 is 13.6 Å². The number of carbonyl (C=O) groups is 1. The average Bonchev–Trinajstić information content (AvgIpc) is 2.77. The number of halogens is 1. The smallest absolute Gasteiger partial charge is 0.217 e. The monoisotopic (exact) mass is 262 g/mol. The van der Waals surface area contributed by atoms with Crippen molar-refractivity contribution in [2.45, 2.75) is 26.3 Å². The molecular formula is C14H15FN2O2. The largest absolute Gasteiger partial charge is 0.444 e. The molecule has 0 radical (unpaired) electrons. The van der Waals surface area contributed by atoms with E-state index in [1.807, 2.05) is 0 Å². The van der Waals surface area contributed by atoms with Gasteiger partial charge in [-0.3, -0.25) is 4.79 Å². The van der Waals surface area contributed by atoms with Crippen molar-refractivity contribution in [1.82, 2.24) is 10.3 Å². The summed E-state index contributed by atoms with van der Waals surface area (Å²) in [6.45, 7) is 3.23. The summed E-state index contributed by atoms with van der Waals surface area (Å²) in [5.74, 6) is 0.691. The van der Waals surface area contributed by atoms with Crippen molar-refractivity contribution in [1.29, 1.82) is 0 Å². The summed E-state index contributed by atoms with van der Waals surface area (Å²) < 4.78 is 18.3. The van der Waals surface area contributed by atoms with E-state index in [-0.39, 0.29) is 17.8 Å². The van der Waals surface area contributed by atoms with Crippen LogP contribution in [0, 0.1) is 12.7 Å². The highest BCUT2D eigenvalue weighted by molar-refractivity contribution is 5.73. The van der Waals surface area contributed by atoms with Crippen LogP contribution < -0.4 is 5.32 Å². The molecule has 0 spiro atoms. The van der Waals surface area contributed by atoms with E-state index in [9.17, 15) is 9.18 Å². The maximum Gasteiger partial charge on any atom is 0.217 e. The third kappa shape index (κ3) is 3.64. The van der Waals surface area contributed by atoms with E-state index < -0.39 is 0 Å². The summed E-state index contributed by atoms with van der Waals surface area (Å²) in [6, 6.07) is 5.79. The summed E-state index contributed by atoms with van der Waals surface area (Å²) in [7, 11) is 0. The Balaban J connectivity index is 2.18. The SMILES string of the molecule is CC(=O)N[C@@H](Cc1ccc(F)cc1)c1ncc(C)o1. The molecule has 1 atom stereocenters. The molecular weight excluding hydrogens is 247 g/mol. The van der Waals surface area contributed by atoms with Crippen LogP contribution in [0.15, 0.2) is 34.9 Å². The molecule has 0 bridgehead atoms. The number of aryl methyl sites for hydroxylation is 1. The van der Waals surface area contributed by atoms with Crippen molar-refractivity contribution in [2.75, 3.05) is 0 Å². The lowest BCUT2D eigenvalue weighted by atomic mass is 10.1. The summed E-state index contributed by atoms with van der Waals surface area (Å²) in [4.78, 5) is 15.4. The first-order valence-corrected chi connectivity index (χ1v) is 5.98. The lowest BCUT2D eigenvalue weighted by Crippen LogP contribution is -2.27. The second-order valence-corrected chi connectivity index (χ2v) is 4.39. The lowest BCUT2D eigenvalue weighted by molar-refractivity contribution is -0.119. The predicted octanol–water partition coefficient (Wildman–Crippen LogP) is 2.54. The number of rotatable bonds is 4. The Kier molecular flexibility index (Phi) is 3.94. The fraction of sp³-hybridized carbons (Fsp3) is 0.286. The molecule has 0 unspecified atom stereocenters. The van der Waals surface area contributed by atoms with Crippen LogP contribution in [-0.4, -0.2) is 10.9 Å². The molecule has 1 aromatic carbocycles. The zero-order valence-corrected chi connectivity index (χ0v) is 10.8. The van der Waals surface area contributed by atoms with Crippen LogP contribution in [-0.2, 0) is 11.2 Å². The molecule has 5 heteroatoms. The fourth-order valence-electron chi connectivity index (χ4n) is 1.83. The van der Waals surface area contributed by atoms with Crippen LogP contribution >= 0.6 is 0 Å². The molecule has 1 N–H and O–H groups in total. The van der Waals surface area contributed by atoms with Crippen LogP contribution in [0.4, 0.5) is 4.39 Å². The average molecular weight is 262 g/mol. The number of carbonyl (C=O) groups excluding carboxylic acids is 1. The van der Waals surface area contributed by atoms with Gasteiger partial charge in [-0.05, 0) is 24.6 Å². The van der Waals surface area contributed by atoms with Crippen molar-refractivity contribution in [2.24, 2.45) is 0 Å². The third-order valence-corrected chi connectivity index (χ3v) is 2.67. The summed E-state index contributed by atoms with van der Waals surface area (Å²) in [5.41, 5.74) is 0.899. The van der Waals surface area contributed by atoms with Gasteiger partial charge in [0.1, 0.15) is 17.6 Å². The Morgan fingerprint density at radius 2 is 2.11 bits per heavy atom. The van der Waals surface area contributed by atoms with Crippen LogP contribution in [0.25, 0.3) is 0 Å². The first-order chi connectivity index (χ1) is 9.04. The second-order valence-electron chi connectivity index (χ2n) is 4.39. The van der Waals surface area contributed by atoms with Gasteiger partial charge in [0.25, 0.3) is 0 Å². The van der Waals surface area contributed by atoms with Gasteiger partial charge in [-0.15, -0.1) is 0 Å². The maximum atomic E-state index is 12.9. The number of hydrogen-bond acceptors (Lipinski definition) is 3. The quantitative estimate of drug-likeness (QED) is 0.921. The maximum absolute atomic E-state index is 12.9. The standard InChI is InChI=1S/C14H15FN2O2/c1-9-8-16-14(19-9)13(17-10(2)18)7-11-3-5-12(15)6-4-11/h3-6,8,13H,7H2,1-2H3,(H,17,18)/t13-/m0/s1. The van der Waals surface area contributed by atoms with E-state index in [1.54, 1.807) is 25.3 Å². The molecule has 2 aromatic rings. The van der Waals surface area contributed by atoms with Crippen molar-refractivity contribution in [3.05, 3.63) is 53.5 Å². The van der Waals surface area contributed by atoms with Crippen LogP contribution in [0.2, 0.25) is 0 Å². The van der Waals surface area contributed by atoms with Gasteiger partial charge in [-0.25, -0.2) is 9.37 Å². The second kappa shape index (κ2) is 5.65. The topological polar surface area (TPSA) is 55.1 Å². The minimum atomic E-state index is -0.350. The number of aromatic nitrogens is 1. The Bertz CT molecular complexity index is 563. The van der Waals surface area contributed by atoms with E-state index in [0.717, 1.165) is 5.56 Å². The molecule has 19 heavy (non-hydrogen) atoms. The highest BCUT2D eigenvalue weighted by atomic mass is 19.1. The number of nitrogens with zero attached hydrogens (tertiary/aromatic N) is 1. The van der Waals surface area contributed by atoms with E-state index in [2.05, 4.69) is 10.3 Å². The number of benzene rings is 1. The third-order valence-electron chi connectivity index (χ3n) is 2.67. The van der Waals surface area contributed by atoms with Crippen LogP contribution in [0.5, 0.6) is 0 Å². The summed E-state index contributed by atoms with van der Waals surface area (Å²) >= 11 is 0. The molecule has 0 aliphatic rings. The van der Waals surface area contributed by atoms with Gasteiger partial charge in [0.15, 0.2) is 0 Å². The lowest BCUT2D eigenvalue weighted by Gasteiger charge is -2.14. The molecule has 1 heterocycles.